The highest BCUT2D eigenvalue weighted by Gasteiger charge is 2.37. The maximum Gasteiger partial charge on any atom is 0.435 e. The van der Waals surface area contributed by atoms with Gasteiger partial charge in [0.25, 0.3) is 0 Å². The van der Waals surface area contributed by atoms with Gasteiger partial charge in [0.15, 0.2) is 17.2 Å². The zero-order valence-corrected chi connectivity index (χ0v) is 15.9. The highest BCUT2D eigenvalue weighted by molar-refractivity contribution is 7.13. The summed E-state index contributed by atoms with van der Waals surface area (Å²) in [6, 6.07) is 13.3. The quantitative estimate of drug-likeness (QED) is 0.486. The fourth-order valence-electron chi connectivity index (χ4n) is 3.07. The molecule has 0 saturated heterocycles. The normalized spacial score (nSPS) is 13.0. The SMILES string of the molecule is CC(c1ccccc1)N(C)n1c(-c2cccs2)nc2c(C(F)(F)F)ncnc21. The topological polar surface area (TPSA) is 46.8 Å². The Morgan fingerprint density at radius 1 is 1.07 bits per heavy atom. The molecule has 4 aromatic rings. The van der Waals surface area contributed by atoms with Crippen molar-refractivity contribution >= 4 is 22.5 Å². The van der Waals surface area contributed by atoms with Crippen LogP contribution < -0.4 is 5.01 Å². The Labute approximate surface area is 163 Å². The molecule has 4 rings (SSSR count). The van der Waals surface area contributed by atoms with Gasteiger partial charge in [-0.3, -0.25) is 0 Å². The van der Waals surface area contributed by atoms with E-state index in [1.54, 1.807) is 4.68 Å². The van der Waals surface area contributed by atoms with Gasteiger partial charge >= 0.3 is 6.18 Å². The van der Waals surface area contributed by atoms with Crippen molar-refractivity contribution in [2.45, 2.75) is 19.1 Å². The summed E-state index contributed by atoms with van der Waals surface area (Å²) < 4.78 is 42.1. The van der Waals surface area contributed by atoms with E-state index in [0.717, 1.165) is 16.8 Å². The van der Waals surface area contributed by atoms with Crippen LogP contribution in [0.25, 0.3) is 21.9 Å². The van der Waals surface area contributed by atoms with Crippen molar-refractivity contribution in [1.82, 2.24) is 19.6 Å². The fraction of sp³-hybridized carbons (Fsp3) is 0.211. The molecule has 0 aliphatic carbocycles. The van der Waals surface area contributed by atoms with Crippen molar-refractivity contribution < 1.29 is 13.2 Å². The molecule has 9 heteroatoms. The van der Waals surface area contributed by atoms with Crippen LogP contribution in [0, 0.1) is 0 Å². The minimum absolute atomic E-state index is 0.121. The summed E-state index contributed by atoms with van der Waals surface area (Å²) in [6.45, 7) is 1.98. The summed E-state index contributed by atoms with van der Waals surface area (Å²) in [4.78, 5) is 12.6. The largest absolute Gasteiger partial charge is 0.435 e. The molecular formula is C19H16F3N5S. The number of hydrogen-bond acceptors (Lipinski definition) is 5. The van der Waals surface area contributed by atoms with Crippen LogP contribution in [0.2, 0.25) is 0 Å². The number of benzene rings is 1. The van der Waals surface area contributed by atoms with Gasteiger partial charge < -0.3 is 5.01 Å². The molecule has 28 heavy (non-hydrogen) atoms. The fourth-order valence-corrected chi connectivity index (χ4v) is 3.77. The van der Waals surface area contributed by atoms with Crippen molar-refractivity contribution in [1.29, 1.82) is 0 Å². The molecule has 0 bridgehead atoms. The van der Waals surface area contributed by atoms with E-state index in [4.69, 9.17) is 0 Å². The first-order valence-corrected chi connectivity index (χ1v) is 9.38. The third-order valence-corrected chi connectivity index (χ3v) is 5.46. The summed E-state index contributed by atoms with van der Waals surface area (Å²) in [5.74, 6) is 0.404. The van der Waals surface area contributed by atoms with Crippen LogP contribution in [0.4, 0.5) is 13.2 Å². The lowest BCUT2D eigenvalue weighted by molar-refractivity contribution is -0.140. The van der Waals surface area contributed by atoms with Gasteiger partial charge in [-0.05, 0) is 23.9 Å². The second-order valence-electron chi connectivity index (χ2n) is 6.28. The van der Waals surface area contributed by atoms with E-state index in [-0.39, 0.29) is 17.2 Å². The van der Waals surface area contributed by atoms with Gasteiger partial charge in [-0.2, -0.15) is 13.2 Å². The Hall–Kier alpha value is -2.94. The van der Waals surface area contributed by atoms with Crippen LogP contribution in [0.3, 0.4) is 0 Å². The van der Waals surface area contributed by atoms with Crippen LogP contribution in [0.5, 0.6) is 0 Å². The number of nitrogens with zero attached hydrogens (tertiary/aromatic N) is 5. The van der Waals surface area contributed by atoms with E-state index in [1.165, 1.54) is 11.3 Å². The molecule has 0 saturated carbocycles. The average Bonchev–Trinajstić information content (AvgIpc) is 3.33. The van der Waals surface area contributed by atoms with E-state index in [0.29, 0.717) is 5.82 Å². The number of hydrogen-bond donors (Lipinski definition) is 0. The molecule has 0 radical (unpaired) electrons. The smallest absolute Gasteiger partial charge is 0.305 e. The van der Waals surface area contributed by atoms with E-state index >= 15 is 0 Å². The monoisotopic (exact) mass is 403 g/mol. The molecule has 0 N–H and O–H groups in total. The molecule has 0 amide bonds. The Kier molecular flexibility index (Phi) is 4.54. The van der Waals surface area contributed by atoms with Gasteiger partial charge in [-0.15, -0.1) is 11.3 Å². The number of alkyl halides is 3. The van der Waals surface area contributed by atoms with Crippen molar-refractivity contribution in [3.63, 3.8) is 0 Å². The van der Waals surface area contributed by atoms with Crippen molar-refractivity contribution in [3.05, 3.63) is 65.4 Å². The molecule has 1 unspecified atom stereocenters. The van der Waals surface area contributed by atoms with Crippen molar-refractivity contribution in [2.24, 2.45) is 0 Å². The molecule has 1 aromatic carbocycles. The first-order valence-electron chi connectivity index (χ1n) is 8.50. The van der Waals surface area contributed by atoms with Crippen LogP contribution in [0.1, 0.15) is 24.2 Å². The lowest BCUT2D eigenvalue weighted by Gasteiger charge is -2.29. The third kappa shape index (κ3) is 3.11. The maximum atomic E-state index is 13.5. The summed E-state index contributed by atoms with van der Waals surface area (Å²) in [7, 11) is 1.81. The first-order chi connectivity index (χ1) is 13.4. The van der Waals surface area contributed by atoms with Crippen LogP contribution in [-0.2, 0) is 6.18 Å². The lowest BCUT2D eigenvalue weighted by Crippen LogP contribution is -2.33. The van der Waals surface area contributed by atoms with E-state index in [2.05, 4.69) is 15.0 Å². The standard InChI is InChI=1S/C19H16F3N5S/c1-12(13-7-4-3-5-8-13)26(2)27-17(14-9-6-10-28-14)25-15-16(19(20,21)22)23-11-24-18(15)27/h3-12H,1-2H3. The Morgan fingerprint density at radius 2 is 1.82 bits per heavy atom. The van der Waals surface area contributed by atoms with Gasteiger partial charge in [-0.1, -0.05) is 36.4 Å². The molecule has 144 valence electrons. The molecule has 0 aliphatic rings. The Bertz CT molecular complexity index is 1090. The molecule has 0 spiro atoms. The molecule has 1 atom stereocenters. The van der Waals surface area contributed by atoms with Crippen molar-refractivity contribution in [2.75, 3.05) is 12.1 Å². The predicted octanol–water partition coefficient (Wildman–Crippen LogP) is 4.90. The lowest BCUT2D eigenvalue weighted by atomic mass is 10.1. The number of imidazole rings is 1. The molecule has 5 nitrogen and oxygen atoms in total. The Balaban J connectivity index is 1.94. The highest BCUT2D eigenvalue weighted by Crippen LogP contribution is 2.35. The van der Waals surface area contributed by atoms with E-state index in [9.17, 15) is 13.2 Å². The number of fused-ring (bicyclic) bond motifs is 1. The average molecular weight is 403 g/mol. The number of aromatic nitrogens is 4. The predicted molar refractivity (Wildman–Crippen MR) is 103 cm³/mol. The molecule has 3 aromatic heterocycles. The van der Waals surface area contributed by atoms with Gasteiger partial charge in [0.1, 0.15) is 11.8 Å². The minimum Gasteiger partial charge on any atom is -0.305 e. The number of halogens is 3. The highest BCUT2D eigenvalue weighted by atomic mass is 32.1. The number of thiophene rings is 1. The maximum absolute atomic E-state index is 13.5. The zero-order chi connectivity index (χ0) is 19.9. The Morgan fingerprint density at radius 3 is 2.46 bits per heavy atom. The van der Waals surface area contributed by atoms with Crippen LogP contribution >= 0.6 is 11.3 Å². The second kappa shape index (κ2) is 6.90. The minimum atomic E-state index is -4.61. The first kappa shape index (κ1) is 18.4. The van der Waals surface area contributed by atoms with Crippen LogP contribution in [-0.4, -0.2) is 26.7 Å². The van der Waals surface area contributed by atoms with Gasteiger partial charge in [0, 0.05) is 7.05 Å². The van der Waals surface area contributed by atoms with Gasteiger partial charge in [-0.25, -0.2) is 19.6 Å². The van der Waals surface area contributed by atoms with Gasteiger partial charge in [0.05, 0.1) is 10.9 Å². The molecule has 0 aliphatic heterocycles. The molecule has 0 fully saturated rings. The third-order valence-electron chi connectivity index (χ3n) is 4.59. The van der Waals surface area contributed by atoms with E-state index in [1.807, 2.05) is 66.8 Å². The summed E-state index contributed by atoms with van der Waals surface area (Å²) in [5, 5.41) is 3.70. The number of rotatable bonds is 4. The summed E-state index contributed by atoms with van der Waals surface area (Å²) >= 11 is 1.40. The van der Waals surface area contributed by atoms with Crippen LogP contribution in [0.15, 0.2) is 54.2 Å². The summed E-state index contributed by atoms with van der Waals surface area (Å²) in [5.41, 5.74) is -0.148. The summed E-state index contributed by atoms with van der Waals surface area (Å²) in [6.07, 6.45) is -3.68. The van der Waals surface area contributed by atoms with E-state index < -0.39 is 11.9 Å². The zero-order valence-electron chi connectivity index (χ0n) is 15.1. The van der Waals surface area contributed by atoms with Crippen molar-refractivity contribution in [3.8, 4) is 10.7 Å². The van der Waals surface area contributed by atoms with Gasteiger partial charge in [0.2, 0.25) is 0 Å². The molecular weight excluding hydrogens is 387 g/mol. The molecule has 3 heterocycles. The second-order valence-corrected chi connectivity index (χ2v) is 7.22.